The molecule has 0 unspecified atom stereocenters. The van der Waals surface area contributed by atoms with E-state index in [1.807, 2.05) is 0 Å². The van der Waals surface area contributed by atoms with Crippen LogP contribution in [0.2, 0.25) is 0 Å². The summed E-state index contributed by atoms with van der Waals surface area (Å²) in [7, 11) is 7.26. The van der Waals surface area contributed by atoms with Crippen molar-refractivity contribution in [2.24, 2.45) is 0 Å². The lowest BCUT2D eigenvalue weighted by Gasteiger charge is -2.41. The van der Waals surface area contributed by atoms with Crippen molar-refractivity contribution < 1.29 is 31.4 Å². The number of quaternary nitrogens is 7. The van der Waals surface area contributed by atoms with Crippen molar-refractivity contribution in [2.75, 3.05) is 185 Å². The Morgan fingerprint density at radius 2 is 0.500 bits per heavy atom. The summed E-state index contributed by atoms with van der Waals surface area (Å²) >= 11 is 0. The third-order valence-corrected chi connectivity index (χ3v) is 20.9. The average molecular weight is 966 g/mol. The maximum atomic E-state index is 2.49. The molecule has 0 N–H and O–H groups in total. The highest BCUT2D eigenvalue weighted by atomic mass is 15.4. The smallest absolute Gasteiger partial charge is 0.0788 e. The Kier molecular flexibility index (Phi) is 32.9. The first-order chi connectivity index (χ1) is 32.7. The number of rotatable bonds is 28. The predicted octanol–water partition coefficient (Wildman–Crippen LogP) is 13.2. The lowest BCUT2D eigenvalue weighted by atomic mass is 10.0. The molecule has 68 heavy (non-hydrogen) atoms. The lowest BCUT2D eigenvalue weighted by molar-refractivity contribution is -0.931. The van der Waals surface area contributed by atoms with Gasteiger partial charge in [-0.15, -0.1) is 0 Å². The predicted molar refractivity (Wildman–Crippen MR) is 303 cm³/mol. The van der Waals surface area contributed by atoms with Crippen molar-refractivity contribution in [2.45, 2.75) is 216 Å². The topological polar surface area (TPSA) is 0 Å². The molecule has 0 aromatic rings. The van der Waals surface area contributed by atoms with E-state index in [0.717, 1.165) is 0 Å². The standard InChI is InChI=1S/C20H42N2.C18H38N2.C15H36N2.C8H18N/c1-3-21(17-11-7-12-18-21)15-9-5-6-10-16-22(4-2)19-13-8-14-20-22;1-3-20(17-11-6-12-18-20)16-10-5-9-15-19(2)13-7-4-8-14-19;1-7-16(5,8-2)14-12-11-13-15-17(6,9-3)10-4;1-3-9(4-2)7-5-6-8-9/h3-20H2,1-2H3;3-18H2,1-2H3;7-15H2,1-6H3;3-8H2,1-2H3/q3*+2;+1. The average Bonchev–Trinajstić information content (AvgIpc) is 3.88. The van der Waals surface area contributed by atoms with Gasteiger partial charge in [-0.05, 0) is 204 Å². The number of hydrogen-bond donors (Lipinski definition) is 0. The highest BCUT2D eigenvalue weighted by Crippen LogP contribution is 2.24. The monoisotopic (exact) mass is 965 g/mol. The quantitative estimate of drug-likeness (QED) is 0.0541. The third-order valence-electron chi connectivity index (χ3n) is 20.9. The Labute approximate surface area is 430 Å². The summed E-state index contributed by atoms with van der Waals surface area (Å²) in [5.74, 6) is 0. The molecule has 7 heteroatoms. The maximum absolute atomic E-state index is 2.49. The molecule has 0 radical (unpaired) electrons. The Hall–Kier alpha value is -0.280. The van der Waals surface area contributed by atoms with Crippen LogP contribution >= 0.6 is 0 Å². The summed E-state index contributed by atoms with van der Waals surface area (Å²) in [5.41, 5.74) is 0. The molecule has 0 atom stereocenters. The Balaban J connectivity index is 0.000000323. The largest absolute Gasteiger partial charge is 0.327 e. The van der Waals surface area contributed by atoms with Crippen molar-refractivity contribution in [3.05, 3.63) is 0 Å². The number of nitrogens with zero attached hydrogens (tertiary/aromatic N) is 7. The van der Waals surface area contributed by atoms with E-state index in [-0.39, 0.29) is 0 Å². The van der Waals surface area contributed by atoms with Gasteiger partial charge in [0.1, 0.15) is 0 Å². The molecule has 0 amide bonds. The van der Waals surface area contributed by atoms with Crippen LogP contribution in [0.15, 0.2) is 0 Å². The van der Waals surface area contributed by atoms with Crippen molar-refractivity contribution in [3.8, 4) is 0 Å². The van der Waals surface area contributed by atoms with Gasteiger partial charge < -0.3 is 31.4 Å². The molecule has 0 saturated carbocycles. The minimum absolute atomic E-state index is 1.24. The van der Waals surface area contributed by atoms with E-state index >= 15 is 0 Å². The summed E-state index contributed by atoms with van der Waals surface area (Å²) in [6.45, 7) is 56.1. The molecular formula is C61H134N7+7. The summed E-state index contributed by atoms with van der Waals surface area (Å²) in [6, 6.07) is 0. The van der Waals surface area contributed by atoms with Gasteiger partial charge in [-0.25, -0.2) is 0 Å². The molecule has 0 aromatic heterocycles. The molecule has 5 aliphatic rings. The molecular weight excluding hydrogens is 831 g/mol. The molecule has 5 saturated heterocycles. The summed E-state index contributed by atoms with van der Waals surface area (Å²) in [4.78, 5) is 0. The van der Waals surface area contributed by atoms with Gasteiger partial charge in [0.05, 0.1) is 185 Å². The second kappa shape index (κ2) is 35.0. The number of likely N-dealkylation sites (tertiary alicyclic amines) is 5. The highest BCUT2D eigenvalue weighted by molar-refractivity contribution is 4.59. The van der Waals surface area contributed by atoms with Crippen molar-refractivity contribution in [1.82, 2.24) is 0 Å². The first-order valence-corrected chi connectivity index (χ1v) is 31.6. The first-order valence-electron chi connectivity index (χ1n) is 31.6. The molecule has 0 aliphatic carbocycles. The van der Waals surface area contributed by atoms with Gasteiger partial charge in [0.15, 0.2) is 0 Å². The molecule has 5 heterocycles. The van der Waals surface area contributed by atoms with Crippen LogP contribution in [-0.2, 0) is 0 Å². The second-order valence-electron chi connectivity index (χ2n) is 25.1. The molecule has 0 aromatic carbocycles. The molecule has 0 spiro atoms. The van der Waals surface area contributed by atoms with Crippen LogP contribution in [-0.4, -0.2) is 216 Å². The summed E-state index contributed by atoms with van der Waals surface area (Å²) in [5, 5.41) is 0. The van der Waals surface area contributed by atoms with Crippen LogP contribution in [0, 0.1) is 0 Å². The fourth-order valence-electron chi connectivity index (χ4n) is 13.6. The van der Waals surface area contributed by atoms with Crippen LogP contribution in [0.3, 0.4) is 0 Å². The van der Waals surface area contributed by atoms with E-state index in [1.165, 1.54) is 349 Å². The van der Waals surface area contributed by atoms with Gasteiger partial charge in [-0.1, -0.05) is 0 Å². The van der Waals surface area contributed by atoms with Crippen LogP contribution in [0.5, 0.6) is 0 Å². The van der Waals surface area contributed by atoms with E-state index in [1.54, 1.807) is 0 Å². The third kappa shape index (κ3) is 24.2. The number of piperidine rings is 4. The zero-order chi connectivity index (χ0) is 50.1. The van der Waals surface area contributed by atoms with Crippen LogP contribution < -0.4 is 0 Å². The minimum Gasteiger partial charge on any atom is -0.327 e. The maximum Gasteiger partial charge on any atom is 0.0788 e. The van der Waals surface area contributed by atoms with Crippen molar-refractivity contribution in [1.29, 1.82) is 0 Å². The van der Waals surface area contributed by atoms with Crippen LogP contribution in [0.25, 0.3) is 0 Å². The number of unbranched alkanes of at least 4 members (excludes halogenated alkanes) is 7. The summed E-state index contributed by atoms with van der Waals surface area (Å²) in [6.07, 6.45) is 35.1. The van der Waals surface area contributed by atoms with Gasteiger partial charge >= 0.3 is 0 Å². The fraction of sp³-hybridized carbons (Fsp3) is 1.00. The minimum atomic E-state index is 1.24. The Bertz CT molecular complexity index is 1110. The second-order valence-corrected chi connectivity index (χ2v) is 25.1. The van der Waals surface area contributed by atoms with Gasteiger partial charge in [0.2, 0.25) is 0 Å². The molecule has 7 nitrogen and oxygen atoms in total. The van der Waals surface area contributed by atoms with Crippen molar-refractivity contribution >= 4 is 0 Å². The van der Waals surface area contributed by atoms with E-state index in [4.69, 9.17) is 0 Å². The van der Waals surface area contributed by atoms with E-state index < -0.39 is 0 Å². The van der Waals surface area contributed by atoms with Crippen LogP contribution in [0.4, 0.5) is 0 Å². The molecule has 5 fully saturated rings. The molecule has 5 aliphatic heterocycles. The van der Waals surface area contributed by atoms with Gasteiger partial charge in [0, 0.05) is 12.8 Å². The number of hydrogen-bond acceptors (Lipinski definition) is 0. The highest BCUT2D eigenvalue weighted by Gasteiger charge is 2.31. The zero-order valence-corrected chi connectivity index (χ0v) is 49.8. The van der Waals surface area contributed by atoms with Gasteiger partial charge in [-0.3, -0.25) is 0 Å². The molecule has 5 rings (SSSR count). The normalized spacial score (nSPS) is 21.9. The van der Waals surface area contributed by atoms with Crippen LogP contribution in [0.1, 0.15) is 216 Å². The molecule has 406 valence electrons. The Morgan fingerprint density at radius 1 is 0.265 bits per heavy atom. The van der Waals surface area contributed by atoms with E-state index in [0.29, 0.717) is 0 Å². The molecule has 0 bridgehead atoms. The SMILES string of the molecule is CC[N+](C)(CC)CCCCC[N+](C)(CC)CC.CC[N+]1(CC)CCCC1.CC[N+]1(CCCCCC[N+]2(CC)CCCCC2)CCCCC1.CC[N+]1(CCCCC[N+]2(C)CCCCC2)CCCCC1. The van der Waals surface area contributed by atoms with E-state index in [2.05, 4.69) is 83.5 Å². The summed E-state index contributed by atoms with van der Waals surface area (Å²) < 4.78 is 9.56. The van der Waals surface area contributed by atoms with Crippen molar-refractivity contribution in [3.63, 3.8) is 0 Å². The van der Waals surface area contributed by atoms with Gasteiger partial charge in [0.25, 0.3) is 0 Å². The van der Waals surface area contributed by atoms with Gasteiger partial charge in [-0.2, -0.15) is 0 Å². The van der Waals surface area contributed by atoms with E-state index in [9.17, 15) is 0 Å². The first kappa shape index (κ1) is 63.8. The fourth-order valence-corrected chi connectivity index (χ4v) is 13.6. The Morgan fingerprint density at radius 3 is 0.779 bits per heavy atom. The zero-order valence-electron chi connectivity index (χ0n) is 49.8. The lowest BCUT2D eigenvalue weighted by Crippen LogP contribution is -2.52.